The highest BCUT2D eigenvalue weighted by atomic mass is 16.2. The summed E-state index contributed by atoms with van der Waals surface area (Å²) in [4.78, 5) is 28.0. The first-order valence-electron chi connectivity index (χ1n) is 11.6. The number of piperidine rings is 1. The third kappa shape index (κ3) is 4.75. The molecule has 1 aliphatic rings. The van der Waals surface area contributed by atoms with Gasteiger partial charge in [0.05, 0.1) is 5.69 Å². The van der Waals surface area contributed by atoms with Crippen LogP contribution in [0.5, 0.6) is 0 Å². The molecule has 2 heterocycles. The number of hydrogen-bond donors (Lipinski definition) is 1. The Morgan fingerprint density at radius 2 is 1.94 bits per heavy atom. The number of hydrogen-bond acceptors (Lipinski definition) is 4. The van der Waals surface area contributed by atoms with Crippen LogP contribution in [0.2, 0.25) is 0 Å². The Hall–Kier alpha value is -2.99. The van der Waals surface area contributed by atoms with Gasteiger partial charge in [0.1, 0.15) is 6.54 Å². The highest BCUT2D eigenvalue weighted by Gasteiger charge is 2.21. The number of carbonyl (C=O) groups excluding carboxylic acids is 1. The maximum absolute atomic E-state index is 13.0. The number of benzene rings is 2. The summed E-state index contributed by atoms with van der Waals surface area (Å²) in [5.74, 6) is -0.0505. The van der Waals surface area contributed by atoms with Crippen LogP contribution < -0.4 is 10.9 Å². The number of nitrogens with zero attached hydrogens (tertiary/aromatic N) is 3. The maximum Gasteiger partial charge on any atom is 0.267 e. The Labute approximate surface area is 189 Å². The molecule has 0 bridgehead atoms. The fourth-order valence-corrected chi connectivity index (χ4v) is 4.59. The molecule has 2 aromatic carbocycles. The number of nitrogens with one attached hydrogen (secondary N) is 1. The second-order valence-electron chi connectivity index (χ2n) is 8.92. The number of fused-ring (bicyclic) bond motifs is 1. The van der Waals surface area contributed by atoms with Gasteiger partial charge in [-0.05, 0) is 48.2 Å². The van der Waals surface area contributed by atoms with E-state index in [1.807, 2.05) is 24.3 Å². The molecule has 0 saturated carbocycles. The molecular weight excluding hydrogens is 400 g/mol. The van der Waals surface area contributed by atoms with E-state index >= 15 is 0 Å². The predicted octanol–water partition coefficient (Wildman–Crippen LogP) is 3.79. The Morgan fingerprint density at radius 1 is 1.16 bits per heavy atom. The van der Waals surface area contributed by atoms with Crippen molar-refractivity contribution in [2.24, 2.45) is 0 Å². The van der Waals surface area contributed by atoms with Gasteiger partial charge in [0.25, 0.3) is 5.56 Å². The van der Waals surface area contributed by atoms with Crippen LogP contribution in [-0.2, 0) is 11.3 Å². The van der Waals surface area contributed by atoms with E-state index in [0.29, 0.717) is 0 Å². The van der Waals surface area contributed by atoms with Gasteiger partial charge in [0.2, 0.25) is 5.91 Å². The average molecular weight is 433 g/mol. The van der Waals surface area contributed by atoms with Gasteiger partial charge in [-0.3, -0.25) is 9.59 Å². The van der Waals surface area contributed by atoms with Crippen LogP contribution in [0.25, 0.3) is 21.9 Å². The zero-order chi connectivity index (χ0) is 22.7. The number of amides is 1. The van der Waals surface area contributed by atoms with E-state index in [-0.39, 0.29) is 30.0 Å². The molecule has 168 valence electrons. The maximum atomic E-state index is 13.0. The number of rotatable bonds is 6. The third-order valence-electron chi connectivity index (χ3n) is 6.26. The smallest absolute Gasteiger partial charge is 0.267 e. The van der Waals surface area contributed by atoms with Crippen molar-refractivity contribution in [2.45, 2.75) is 52.1 Å². The summed E-state index contributed by atoms with van der Waals surface area (Å²) in [6.07, 6.45) is 2.05. The molecule has 1 aliphatic heterocycles. The monoisotopic (exact) mass is 432 g/mol. The average Bonchev–Trinajstić information content (AvgIpc) is 2.79. The van der Waals surface area contributed by atoms with Gasteiger partial charge in [-0.2, -0.15) is 5.10 Å². The Bertz CT molecular complexity index is 1160. The number of likely N-dealkylation sites (tertiary alicyclic amines) is 1. The first-order chi connectivity index (χ1) is 15.5. The third-order valence-corrected chi connectivity index (χ3v) is 6.26. The number of likely N-dealkylation sites (N-methyl/N-ethyl adjacent to an activating group) is 1. The highest BCUT2D eigenvalue weighted by Crippen LogP contribution is 2.32. The summed E-state index contributed by atoms with van der Waals surface area (Å²) in [6, 6.07) is 16.0. The molecule has 6 heteroatoms. The molecule has 1 saturated heterocycles. The Morgan fingerprint density at radius 3 is 2.72 bits per heavy atom. The second kappa shape index (κ2) is 9.65. The molecule has 1 aromatic heterocycles. The molecule has 0 aliphatic carbocycles. The van der Waals surface area contributed by atoms with Crippen molar-refractivity contribution >= 4 is 16.7 Å². The first kappa shape index (κ1) is 22.2. The lowest BCUT2D eigenvalue weighted by atomic mass is 9.94. The molecule has 6 nitrogen and oxygen atoms in total. The van der Waals surface area contributed by atoms with Crippen molar-refractivity contribution in [3.8, 4) is 11.1 Å². The standard InChI is InChI=1S/C26H32N4O2/c1-4-29-14-8-11-20(16-29)27-24(31)17-30-25(32)15-23(26(28-30)18(2)3)22-13-7-10-19-9-5-6-12-21(19)22/h5-7,9-10,12-13,15,18,20H,4,8,11,14,16-17H2,1-3H3,(H,27,31). The first-order valence-corrected chi connectivity index (χ1v) is 11.6. The lowest BCUT2D eigenvalue weighted by Crippen LogP contribution is -2.48. The largest absolute Gasteiger partial charge is 0.350 e. The van der Waals surface area contributed by atoms with E-state index in [0.717, 1.165) is 60.1 Å². The topological polar surface area (TPSA) is 67.2 Å². The van der Waals surface area contributed by atoms with Crippen molar-refractivity contribution in [3.63, 3.8) is 0 Å². The van der Waals surface area contributed by atoms with Gasteiger partial charge in [-0.25, -0.2) is 4.68 Å². The van der Waals surface area contributed by atoms with E-state index in [9.17, 15) is 9.59 Å². The minimum atomic E-state index is -0.258. The van der Waals surface area contributed by atoms with Gasteiger partial charge in [-0.1, -0.05) is 63.2 Å². The van der Waals surface area contributed by atoms with Crippen LogP contribution in [0.1, 0.15) is 45.2 Å². The van der Waals surface area contributed by atoms with Crippen LogP contribution in [0.15, 0.2) is 53.3 Å². The fraction of sp³-hybridized carbons (Fsp3) is 0.423. The minimum Gasteiger partial charge on any atom is -0.350 e. The van der Waals surface area contributed by atoms with Crippen LogP contribution in [0.4, 0.5) is 0 Å². The lowest BCUT2D eigenvalue weighted by molar-refractivity contribution is -0.123. The van der Waals surface area contributed by atoms with Gasteiger partial charge in [-0.15, -0.1) is 0 Å². The predicted molar refractivity (Wildman–Crippen MR) is 129 cm³/mol. The normalized spacial score (nSPS) is 17.1. The molecule has 32 heavy (non-hydrogen) atoms. The van der Waals surface area contributed by atoms with Crippen molar-refractivity contribution in [2.75, 3.05) is 19.6 Å². The molecule has 1 unspecified atom stereocenters. The van der Waals surface area contributed by atoms with E-state index in [1.165, 1.54) is 4.68 Å². The van der Waals surface area contributed by atoms with E-state index in [1.54, 1.807) is 6.07 Å². The summed E-state index contributed by atoms with van der Waals surface area (Å²) < 4.78 is 1.31. The summed E-state index contributed by atoms with van der Waals surface area (Å²) in [7, 11) is 0. The van der Waals surface area contributed by atoms with Gasteiger partial charge >= 0.3 is 0 Å². The molecular formula is C26H32N4O2. The molecule has 1 amide bonds. The Kier molecular flexibility index (Phi) is 6.70. The summed E-state index contributed by atoms with van der Waals surface area (Å²) >= 11 is 0. The molecule has 1 fully saturated rings. The zero-order valence-corrected chi connectivity index (χ0v) is 19.2. The van der Waals surface area contributed by atoms with E-state index < -0.39 is 0 Å². The quantitative estimate of drug-likeness (QED) is 0.644. The lowest BCUT2D eigenvalue weighted by Gasteiger charge is -2.32. The SMILES string of the molecule is CCN1CCCC(NC(=O)Cn2nc(C(C)C)c(-c3cccc4ccccc34)cc2=O)C1. The highest BCUT2D eigenvalue weighted by molar-refractivity contribution is 5.97. The molecule has 0 radical (unpaired) electrons. The van der Waals surface area contributed by atoms with Crippen molar-refractivity contribution in [3.05, 3.63) is 64.6 Å². The van der Waals surface area contributed by atoms with Gasteiger partial charge in [0.15, 0.2) is 0 Å². The van der Waals surface area contributed by atoms with Gasteiger partial charge < -0.3 is 10.2 Å². The van der Waals surface area contributed by atoms with E-state index in [4.69, 9.17) is 0 Å². The van der Waals surface area contributed by atoms with Crippen molar-refractivity contribution in [1.29, 1.82) is 0 Å². The van der Waals surface area contributed by atoms with Crippen LogP contribution in [-0.4, -0.2) is 46.3 Å². The zero-order valence-electron chi connectivity index (χ0n) is 19.2. The molecule has 1 N–H and O–H groups in total. The van der Waals surface area contributed by atoms with Crippen molar-refractivity contribution in [1.82, 2.24) is 20.0 Å². The fourth-order valence-electron chi connectivity index (χ4n) is 4.59. The number of carbonyl (C=O) groups is 1. The molecule has 1 atom stereocenters. The number of aromatic nitrogens is 2. The molecule has 4 rings (SSSR count). The molecule has 3 aromatic rings. The van der Waals surface area contributed by atoms with Crippen molar-refractivity contribution < 1.29 is 4.79 Å². The van der Waals surface area contributed by atoms with Crippen LogP contribution in [0.3, 0.4) is 0 Å². The summed E-state index contributed by atoms with van der Waals surface area (Å²) in [5, 5.41) is 9.96. The van der Waals surface area contributed by atoms with Gasteiger partial charge in [0, 0.05) is 24.2 Å². The van der Waals surface area contributed by atoms with Crippen LogP contribution in [0, 0.1) is 0 Å². The van der Waals surface area contributed by atoms with E-state index in [2.05, 4.69) is 54.3 Å². The summed E-state index contributed by atoms with van der Waals surface area (Å²) in [6.45, 7) is 9.13. The second-order valence-corrected chi connectivity index (χ2v) is 8.92. The summed E-state index contributed by atoms with van der Waals surface area (Å²) in [5.41, 5.74) is 2.40. The Balaban J connectivity index is 1.62. The minimum absolute atomic E-state index is 0.0585. The molecule has 0 spiro atoms. The van der Waals surface area contributed by atoms with Crippen LogP contribution >= 0.6 is 0 Å².